The third-order valence-electron chi connectivity index (χ3n) is 5.01. The van der Waals surface area contributed by atoms with Crippen LogP contribution in [-0.2, 0) is 6.18 Å². The van der Waals surface area contributed by atoms with Crippen LogP contribution >= 0.6 is 12.4 Å². The van der Waals surface area contributed by atoms with E-state index in [9.17, 15) is 22.4 Å². The predicted molar refractivity (Wildman–Crippen MR) is 107 cm³/mol. The minimum atomic E-state index is -4.49. The molecular formula is C21H23ClF4N2O. The van der Waals surface area contributed by atoms with Crippen LogP contribution in [0, 0.1) is 11.7 Å². The van der Waals surface area contributed by atoms with Gasteiger partial charge in [-0.05, 0) is 67.7 Å². The summed E-state index contributed by atoms with van der Waals surface area (Å²) in [7, 11) is 1.85. The number of likely N-dealkylation sites (tertiary alicyclic amines) is 1. The van der Waals surface area contributed by atoms with Crippen LogP contribution < -0.4 is 5.32 Å². The molecular weight excluding hydrogens is 408 g/mol. The topological polar surface area (TPSA) is 32.3 Å². The Hall–Kier alpha value is -2.12. The smallest absolute Gasteiger partial charge is 0.338 e. The normalized spacial score (nSPS) is 17.0. The third kappa shape index (κ3) is 5.48. The molecule has 1 aliphatic heterocycles. The second kappa shape index (κ2) is 9.59. The first-order valence-electron chi connectivity index (χ1n) is 9.20. The van der Waals surface area contributed by atoms with E-state index in [0.717, 1.165) is 43.7 Å². The van der Waals surface area contributed by atoms with Crippen molar-refractivity contribution in [2.24, 2.45) is 5.92 Å². The molecule has 2 aromatic carbocycles. The molecule has 1 heterocycles. The molecule has 1 saturated heterocycles. The maximum absolute atomic E-state index is 13.9. The lowest BCUT2D eigenvalue weighted by atomic mass is 9.94. The summed E-state index contributed by atoms with van der Waals surface area (Å²) in [6.45, 7) is 1.86. The van der Waals surface area contributed by atoms with Crippen LogP contribution in [0.4, 0.5) is 17.6 Å². The highest BCUT2D eigenvalue weighted by Crippen LogP contribution is 2.34. The fourth-order valence-corrected chi connectivity index (χ4v) is 3.68. The molecule has 0 radical (unpaired) electrons. The zero-order valence-electron chi connectivity index (χ0n) is 15.9. The van der Waals surface area contributed by atoms with E-state index in [2.05, 4.69) is 5.32 Å². The van der Waals surface area contributed by atoms with E-state index in [-0.39, 0.29) is 29.4 Å². The molecule has 3 nitrogen and oxygen atoms in total. The summed E-state index contributed by atoms with van der Waals surface area (Å²) in [6, 6.07) is 8.39. The summed E-state index contributed by atoms with van der Waals surface area (Å²) in [6.07, 6.45) is -2.66. The van der Waals surface area contributed by atoms with Crippen molar-refractivity contribution >= 4 is 18.3 Å². The van der Waals surface area contributed by atoms with Gasteiger partial charge in [-0.25, -0.2) is 4.39 Å². The van der Waals surface area contributed by atoms with Crippen molar-refractivity contribution in [3.8, 4) is 11.1 Å². The number of nitrogens with zero attached hydrogens (tertiary/aromatic N) is 1. The van der Waals surface area contributed by atoms with Gasteiger partial charge < -0.3 is 10.2 Å². The average molecular weight is 431 g/mol. The van der Waals surface area contributed by atoms with Crippen molar-refractivity contribution < 1.29 is 22.4 Å². The third-order valence-corrected chi connectivity index (χ3v) is 5.01. The number of piperidine rings is 1. The van der Waals surface area contributed by atoms with E-state index in [1.807, 2.05) is 7.05 Å². The van der Waals surface area contributed by atoms with E-state index < -0.39 is 17.6 Å². The minimum Gasteiger partial charge on any atom is -0.338 e. The Bertz CT molecular complexity index is 855. The number of carbonyl (C=O) groups is 1. The molecule has 158 valence electrons. The van der Waals surface area contributed by atoms with Gasteiger partial charge in [0.25, 0.3) is 5.91 Å². The Labute approximate surface area is 173 Å². The van der Waals surface area contributed by atoms with E-state index in [1.165, 1.54) is 18.2 Å². The molecule has 1 unspecified atom stereocenters. The molecule has 29 heavy (non-hydrogen) atoms. The highest BCUT2D eigenvalue weighted by Gasteiger charge is 2.31. The van der Waals surface area contributed by atoms with Gasteiger partial charge in [0, 0.05) is 13.1 Å². The van der Waals surface area contributed by atoms with E-state index in [0.29, 0.717) is 24.6 Å². The summed E-state index contributed by atoms with van der Waals surface area (Å²) >= 11 is 0. The number of carbonyl (C=O) groups excluding carboxylic acids is 1. The highest BCUT2D eigenvalue weighted by atomic mass is 35.5. The molecule has 1 aliphatic rings. The standard InChI is InChI=1S/C21H22F4N2O.ClH/c1-26-12-14-4-3-9-27(13-14)20(28)19-11-17(22)7-8-18(19)15-5-2-6-16(10-15)21(23,24)25;/h2,5-8,10-11,14,26H,3-4,9,12-13H2,1H3;1H. The first-order chi connectivity index (χ1) is 13.3. The minimum absolute atomic E-state index is 0. The number of amides is 1. The Morgan fingerprint density at radius 2 is 1.97 bits per heavy atom. The molecule has 0 saturated carbocycles. The first-order valence-corrected chi connectivity index (χ1v) is 9.20. The summed E-state index contributed by atoms with van der Waals surface area (Å²) in [5.41, 5.74) is -0.181. The van der Waals surface area contributed by atoms with Gasteiger partial charge in [-0.15, -0.1) is 12.4 Å². The van der Waals surface area contributed by atoms with Gasteiger partial charge in [0.05, 0.1) is 11.1 Å². The molecule has 0 bridgehead atoms. The van der Waals surface area contributed by atoms with Gasteiger partial charge in [-0.2, -0.15) is 13.2 Å². The number of nitrogens with one attached hydrogen (secondary N) is 1. The molecule has 3 rings (SSSR count). The highest BCUT2D eigenvalue weighted by molar-refractivity contribution is 6.01. The van der Waals surface area contributed by atoms with E-state index in [4.69, 9.17) is 0 Å². The van der Waals surface area contributed by atoms with Gasteiger partial charge >= 0.3 is 6.18 Å². The Balaban J connectivity index is 0.00000300. The van der Waals surface area contributed by atoms with Crippen molar-refractivity contribution in [3.63, 3.8) is 0 Å². The van der Waals surface area contributed by atoms with E-state index in [1.54, 1.807) is 4.90 Å². The summed E-state index contributed by atoms with van der Waals surface area (Å²) in [5.74, 6) is -0.649. The van der Waals surface area contributed by atoms with Crippen LogP contribution in [0.15, 0.2) is 42.5 Å². The van der Waals surface area contributed by atoms with Crippen LogP contribution in [0.5, 0.6) is 0 Å². The number of benzene rings is 2. The molecule has 0 aliphatic carbocycles. The van der Waals surface area contributed by atoms with Crippen LogP contribution in [-0.4, -0.2) is 37.5 Å². The lowest BCUT2D eigenvalue weighted by Gasteiger charge is -2.33. The van der Waals surface area contributed by atoms with Gasteiger partial charge in [0.2, 0.25) is 0 Å². The van der Waals surface area contributed by atoms with Crippen molar-refractivity contribution in [2.75, 3.05) is 26.7 Å². The molecule has 2 aromatic rings. The van der Waals surface area contributed by atoms with Crippen LogP contribution in [0.25, 0.3) is 11.1 Å². The SMILES string of the molecule is CNCC1CCCN(C(=O)c2cc(F)ccc2-c2cccc(C(F)(F)F)c2)C1.Cl. The fourth-order valence-electron chi connectivity index (χ4n) is 3.68. The number of hydrogen-bond donors (Lipinski definition) is 1. The zero-order valence-corrected chi connectivity index (χ0v) is 16.7. The number of halogens is 5. The Kier molecular flexibility index (Phi) is 7.66. The molecule has 0 aromatic heterocycles. The maximum atomic E-state index is 13.9. The maximum Gasteiger partial charge on any atom is 0.416 e. The van der Waals surface area contributed by atoms with Crippen LogP contribution in [0.2, 0.25) is 0 Å². The van der Waals surface area contributed by atoms with Crippen LogP contribution in [0.3, 0.4) is 0 Å². The van der Waals surface area contributed by atoms with Crippen molar-refractivity contribution in [2.45, 2.75) is 19.0 Å². The largest absolute Gasteiger partial charge is 0.416 e. The Morgan fingerprint density at radius 1 is 1.21 bits per heavy atom. The van der Waals surface area contributed by atoms with Gasteiger partial charge in [-0.3, -0.25) is 4.79 Å². The first kappa shape index (κ1) is 23.2. The average Bonchev–Trinajstić information content (AvgIpc) is 2.67. The van der Waals surface area contributed by atoms with Crippen molar-refractivity contribution in [1.29, 1.82) is 0 Å². The summed E-state index contributed by atoms with van der Waals surface area (Å²) < 4.78 is 53.1. The second-order valence-corrected chi connectivity index (χ2v) is 7.09. The van der Waals surface area contributed by atoms with E-state index >= 15 is 0 Å². The van der Waals surface area contributed by atoms with Crippen LogP contribution in [0.1, 0.15) is 28.8 Å². The van der Waals surface area contributed by atoms with Gasteiger partial charge in [0.15, 0.2) is 0 Å². The van der Waals surface area contributed by atoms with Gasteiger partial charge in [0.1, 0.15) is 5.82 Å². The number of hydrogen-bond acceptors (Lipinski definition) is 2. The van der Waals surface area contributed by atoms with Crippen molar-refractivity contribution in [3.05, 3.63) is 59.4 Å². The molecule has 1 atom stereocenters. The molecule has 1 N–H and O–H groups in total. The van der Waals surface area contributed by atoms with Crippen molar-refractivity contribution in [1.82, 2.24) is 10.2 Å². The predicted octanol–water partition coefficient (Wildman–Crippen LogP) is 5.00. The number of rotatable bonds is 4. The number of alkyl halides is 3. The zero-order chi connectivity index (χ0) is 20.3. The molecule has 8 heteroatoms. The Morgan fingerprint density at radius 3 is 2.66 bits per heavy atom. The molecule has 0 spiro atoms. The summed E-state index contributed by atoms with van der Waals surface area (Å²) in [5, 5.41) is 3.10. The summed E-state index contributed by atoms with van der Waals surface area (Å²) in [4.78, 5) is 14.8. The fraction of sp³-hybridized carbons (Fsp3) is 0.381. The lowest BCUT2D eigenvalue weighted by molar-refractivity contribution is -0.137. The molecule has 1 amide bonds. The monoisotopic (exact) mass is 430 g/mol. The molecule has 1 fully saturated rings. The quantitative estimate of drug-likeness (QED) is 0.692. The lowest BCUT2D eigenvalue weighted by Crippen LogP contribution is -2.42. The van der Waals surface area contributed by atoms with Gasteiger partial charge in [-0.1, -0.05) is 18.2 Å². The second-order valence-electron chi connectivity index (χ2n) is 7.09.